The fourth-order valence-corrected chi connectivity index (χ4v) is 6.81. The Balaban J connectivity index is 1.22. The van der Waals surface area contributed by atoms with Gasteiger partial charge in [-0.3, -0.25) is 0 Å². The Morgan fingerprint density at radius 2 is 1.70 bits per heavy atom. The maximum atomic E-state index is 6.97. The van der Waals surface area contributed by atoms with E-state index in [2.05, 4.69) is 43.1 Å². The summed E-state index contributed by atoms with van der Waals surface area (Å²) in [4.78, 5) is 4.60. The number of nitrogens with zero attached hydrogens (tertiary/aromatic N) is 1. The van der Waals surface area contributed by atoms with Gasteiger partial charge in [0.1, 0.15) is 5.52 Å². The van der Waals surface area contributed by atoms with Crippen LogP contribution in [0.1, 0.15) is 51.5 Å². The van der Waals surface area contributed by atoms with Gasteiger partial charge in [0.05, 0.1) is 12.2 Å². The molecular formula is C26H30N2O2. The van der Waals surface area contributed by atoms with Crippen molar-refractivity contribution >= 4 is 11.1 Å². The number of ether oxygens (including phenoxy) is 1. The maximum Gasteiger partial charge on any atom is 0.227 e. The Hall–Kier alpha value is -2.17. The topological polar surface area (TPSA) is 61.3 Å². The minimum absolute atomic E-state index is 0.00551. The van der Waals surface area contributed by atoms with Crippen LogP contribution in [0.25, 0.3) is 22.6 Å². The van der Waals surface area contributed by atoms with E-state index in [4.69, 9.17) is 14.9 Å². The zero-order valence-electron chi connectivity index (χ0n) is 17.9. The van der Waals surface area contributed by atoms with E-state index in [9.17, 15) is 0 Å². The summed E-state index contributed by atoms with van der Waals surface area (Å²) in [5, 5.41) is 0. The molecule has 4 fully saturated rings. The van der Waals surface area contributed by atoms with Gasteiger partial charge in [0.2, 0.25) is 5.89 Å². The Labute approximate surface area is 177 Å². The number of rotatable bonds is 4. The van der Waals surface area contributed by atoms with Gasteiger partial charge in [-0.15, -0.1) is 0 Å². The molecule has 4 aliphatic carbocycles. The third-order valence-corrected chi connectivity index (χ3v) is 8.60. The van der Waals surface area contributed by atoms with Crippen molar-refractivity contribution in [1.29, 1.82) is 0 Å². The Morgan fingerprint density at radius 3 is 2.40 bits per heavy atom. The van der Waals surface area contributed by atoms with Crippen molar-refractivity contribution in [3.05, 3.63) is 54.1 Å². The lowest BCUT2D eigenvalue weighted by molar-refractivity contribution is -0.252. The average Bonchev–Trinajstić information content (AvgIpc) is 3.15. The molecule has 0 saturated heterocycles. The molecule has 0 radical (unpaired) electrons. The van der Waals surface area contributed by atoms with Crippen LogP contribution in [0.4, 0.5) is 0 Å². The van der Waals surface area contributed by atoms with Crippen LogP contribution in [-0.4, -0.2) is 16.1 Å². The van der Waals surface area contributed by atoms with Crippen molar-refractivity contribution in [3.63, 3.8) is 0 Å². The van der Waals surface area contributed by atoms with Crippen molar-refractivity contribution in [2.75, 3.05) is 0 Å². The molecule has 4 saturated carbocycles. The standard InChI is InChI=1S/C26H30N2O2/c1-24(2)25(27)12-18-11-19(13-25)15-26(24,14-18)29-16-17-7-9-20(10-8-17)23-28-21-5-3-4-6-22(21)30-23/h3-10,18-19H,11-16,27H2,1-2H3. The van der Waals surface area contributed by atoms with Gasteiger partial charge in [0.15, 0.2) is 5.58 Å². The summed E-state index contributed by atoms with van der Waals surface area (Å²) in [6, 6.07) is 16.3. The number of para-hydroxylation sites is 2. The summed E-state index contributed by atoms with van der Waals surface area (Å²) >= 11 is 0. The molecule has 7 rings (SSSR count). The minimum Gasteiger partial charge on any atom is -0.436 e. The summed E-state index contributed by atoms with van der Waals surface area (Å²) in [5.74, 6) is 2.13. The van der Waals surface area contributed by atoms with E-state index >= 15 is 0 Å². The van der Waals surface area contributed by atoms with Crippen LogP contribution >= 0.6 is 0 Å². The molecular weight excluding hydrogens is 372 g/mol. The van der Waals surface area contributed by atoms with Crippen molar-refractivity contribution in [2.24, 2.45) is 23.0 Å². The minimum atomic E-state index is -0.0925. The number of hydrogen-bond donors (Lipinski definition) is 1. The van der Waals surface area contributed by atoms with E-state index in [1.807, 2.05) is 24.3 Å². The molecule has 4 heteroatoms. The third kappa shape index (κ3) is 2.56. The monoisotopic (exact) mass is 402 g/mol. The van der Waals surface area contributed by atoms with Crippen molar-refractivity contribution in [3.8, 4) is 11.5 Å². The first-order valence-corrected chi connectivity index (χ1v) is 11.3. The molecule has 156 valence electrons. The first-order chi connectivity index (χ1) is 14.4. The van der Waals surface area contributed by atoms with Crippen molar-refractivity contribution in [2.45, 2.75) is 63.7 Å². The zero-order valence-corrected chi connectivity index (χ0v) is 17.9. The van der Waals surface area contributed by atoms with Gasteiger partial charge < -0.3 is 14.9 Å². The van der Waals surface area contributed by atoms with Crippen LogP contribution in [0.15, 0.2) is 52.9 Å². The number of fused-ring (bicyclic) bond motifs is 1. The summed E-state index contributed by atoms with van der Waals surface area (Å²) < 4.78 is 12.7. The highest BCUT2D eigenvalue weighted by Crippen LogP contribution is 2.66. The largest absolute Gasteiger partial charge is 0.436 e. The molecule has 2 N–H and O–H groups in total. The van der Waals surface area contributed by atoms with E-state index in [0.29, 0.717) is 12.5 Å². The molecule has 0 amide bonds. The zero-order chi connectivity index (χ0) is 20.6. The molecule has 4 bridgehead atoms. The van der Waals surface area contributed by atoms with Crippen molar-refractivity contribution in [1.82, 2.24) is 4.98 Å². The van der Waals surface area contributed by atoms with Gasteiger partial charge in [0.25, 0.3) is 0 Å². The van der Waals surface area contributed by atoms with Crippen LogP contribution in [0, 0.1) is 17.3 Å². The molecule has 4 nitrogen and oxygen atoms in total. The van der Waals surface area contributed by atoms with E-state index in [1.165, 1.54) is 24.8 Å². The fraction of sp³-hybridized carbons (Fsp3) is 0.500. The number of hydrogen-bond acceptors (Lipinski definition) is 4. The predicted molar refractivity (Wildman–Crippen MR) is 118 cm³/mol. The first-order valence-electron chi connectivity index (χ1n) is 11.3. The van der Waals surface area contributed by atoms with Crippen LogP contribution < -0.4 is 5.73 Å². The average molecular weight is 403 g/mol. The van der Waals surface area contributed by atoms with Crippen LogP contribution in [0.2, 0.25) is 0 Å². The second-order valence-electron chi connectivity index (χ2n) is 10.5. The van der Waals surface area contributed by atoms with Crippen molar-refractivity contribution < 1.29 is 9.15 Å². The highest BCUT2D eigenvalue weighted by molar-refractivity contribution is 5.75. The summed E-state index contributed by atoms with van der Waals surface area (Å²) in [6.07, 6.45) is 6.01. The highest BCUT2D eigenvalue weighted by atomic mass is 16.5. The molecule has 0 spiro atoms. The third-order valence-electron chi connectivity index (χ3n) is 8.60. The summed E-state index contributed by atoms with van der Waals surface area (Å²) in [7, 11) is 0. The second kappa shape index (κ2) is 6.18. The van der Waals surface area contributed by atoms with Crippen LogP contribution in [0.3, 0.4) is 0 Å². The molecule has 2 aromatic carbocycles. The quantitative estimate of drug-likeness (QED) is 0.608. The summed E-state index contributed by atoms with van der Waals surface area (Å²) in [5.41, 5.74) is 10.7. The molecule has 1 heterocycles. The van der Waals surface area contributed by atoms with E-state index in [0.717, 1.165) is 41.3 Å². The predicted octanol–water partition coefficient (Wildman–Crippen LogP) is 5.70. The highest BCUT2D eigenvalue weighted by Gasteiger charge is 2.67. The molecule has 1 aromatic heterocycles. The molecule has 0 aliphatic heterocycles. The SMILES string of the molecule is CC1(C)C2(N)CC3CC(C2)CC1(OCc1ccc(-c2nc4ccccc4o2)cc1)C3. The Kier molecular flexibility index (Phi) is 3.83. The van der Waals surface area contributed by atoms with Gasteiger partial charge in [0, 0.05) is 16.5 Å². The van der Waals surface area contributed by atoms with Crippen LogP contribution in [-0.2, 0) is 11.3 Å². The lowest BCUT2D eigenvalue weighted by Gasteiger charge is -2.69. The molecule has 30 heavy (non-hydrogen) atoms. The second-order valence-corrected chi connectivity index (χ2v) is 10.5. The normalized spacial score (nSPS) is 34.0. The maximum absolute atomic E-state index is 6.97. The Bertz CT molecular complexity index is 1050. The smallest absolute Gasteiger partial charge is 0.227 e. The number of aromatic nitrogens is 1. The fourth-order valence-electron chi connectivity index (χ4n) is 6.81. The van der Waals surface area contributed by atoms with Gasteiger partial charge in [-0.1, -0.05) is 38.1 Å². The molecule has 4 aliphatic rings. The molecule has 2 atom stereocenters. The number of oxazole rings is 1. The molecule has 2 unspecified atom stereocenters. The van der Waals surface area contributed by atoms with E-state index < -0.39 is 0 Å². The molecule has 3 aromatic rings. The van der Waals surface area contributed by atoms with E-state index in [-0.39, 0.29) is 16.6 Å². The van der Waals surface area contributed by atoms with Gasteiger partial charge >= 0.3 is 0 Å². The lowest BCUT2D eigenvalue weighted by atomic mass is 9.41. The number of benzene rings is 2. The van der Waals surface area contributed by atoms with Gasteiger partial charge in [-0.2, -0.15) is 0 Å². The summed E-state index contributed by atoms with van der Waals surface area (Å²) in [6.45, 7) is 5.33. The Morgan fingerprint density at radius 1 is 1.00 bits per heavy atom. The first kappa shape index (κ1) is 18.6. The van der Waals surface area contributed by atoms with Gasteiger partial charge in [-0.25, -0.2) is 4.98 Å². The van der Waals surface area contributed by atoms with Crippen LogP contribution in [0.5, 0.6) is 0 Å². The number of nitrogens with two attached hydrogens (primary N) is 1. The lowest BCUT2D eigenvalue weighted by Crippen LogP contribution is -2.74. The van der Waals surface area contributed by atoms with Gasteiger partial charge in [-0.05, 0) is 73.8 Å². The van der Waals surface area contributed by atoms with E-state index in [1.54, 1.807) is 0 Å².